The molecule has 4 nitrogen and oxygen atoms in total. The molecule has 0 amide bonds. The van der Waals surface area contributed by atoms with Crippen molar-refractivity contribution >= 4 is 27.4 Å². The highest BCUT2D eigenvalue weighted by atomic mass is 32.1. The molecule has 5 heteroatoms. The van der Waals surface area contributed by atoms with Gasteiger partial charge in [-0.3, -0.25) is 0 Å². The zero-order chi connectivity index (χ0) is 12.1. The number of fused-ring (bicyclic) bond motifs is 1. The molecule has 2 aromatic rings. The van der Waals surface area contributed by atoms with Crippen molar-refractivity contribution in [1.29, 1.82) is 0 Å². The van der Waals surface area contributed by atoms with Crippen LogP contribution in [0.5, 0.6) is 0 Å². The molecule has 0 unspecified atom stereocenters. The van der Waals surface area contributed by atoms with E-state index in [9.17, 15) is 0 Å². The Balaban J connectivity index is 2.11. The van der Waals surface area contributed by atoms with Crippen molar-refractivity contribution in [2.75, 3.05) is 19.0 Å². The number of anilines is 1. The van der Waals surface area contributed by atoms with E-state index in [1.54, 1.807) is 11.3 Å². The van der Waals surface area contributed by atoms with E-state index in [2.05, 4.69) is 22.2 Å². The van der Waals surface area contributed by atoms with Gasteiger partial charge in [-0.2, -0.15) is 0 Å². The van der Waals surface area contributed by atoms with Crippen LogP contribution in [0.3, 0.4) is 0 Å². The van der Waals surface area contributed by atoms with Crippen LogP contribution in [-0.2, 0) is 11.3 Å². The molecule has 0 saturated carbocycles. The van der Waals surface area contributed by atoms with E-state index in [1.807, 2.05) is 18.5 Å². The van der Waals surface area contributed by atoms with E-state index < -0.39 is 0 Å². The maximum atomic E-state index is 5.54. The van der Waals surface area contributed by atoms with Crippen LogP contribution in [0, 0.1) is 0 Å². The lowest BCUT2D eigenvalue weighted by atomic mass is 10.3. The molecule has 17 heavy (non-hydrogen) atoms. The van der Waals surface area contributed by atoms with Gasteiger partial charge in [-0.25, -0.2) is 9.97 Å². The molecule has 0 aromatic carbocycles. The summed E-state index contributed by atoms with van der Waals surface area (Å²) in [7, 11) is 1.88. The van der Waals surface area contributed by atoms with E-state index in [-0.39, 0.29) is 0 Å². The molecule has 92 valence electrons. The molecule has 0 aliphatic carbocycles. The second kappa shape index (κ2) is 5.93. The molecule has 0 fully saturated rings. The summed E-state index contributed by atoms with van der Waals surface area (Å²) in [4.78, 5) is 9.95. The highest BCUT2D eigenvalue weighted by Gasteiger charge is 2.07. The standard InChI is InChI=1S/C12H17N3OS/c1-3-4-6-16-8-10-14-11(13-2)9-5-7-17-12(9)15-10/h5,7H,3-4,6,8H2,1-2H3,(H,13,14,15). The molecule has 0 radical (unpaired) electrons. The third-order valence-corrected chi connectivity index (χ3v) is 3.29. The summed E-state index contributed by atoms with van der Waals surface area (Å²) in [5.74, 6) is 1.63. The topological polar surface area (TPSA) is 47.0 Å². The Labute approximate surface area is 105 Å². The first-order valence-corrected chi connectivity index (χ1v) is 6.72. The highest BCUT2D eigenvalue weighted by molar-refractivity contribution is 7.16. The van der Waals surface area contributed by atoms with Gasteiger partial charge in [-0.05, 0) is 17.9 Å². The Hall–Kier alpha value is -1.20. The van der Waals surface area contributed by atoms with Crippen molar-refractivity contribution in [1.82, 2.24) is 9.97 Å². The van der Waals surface area contributed by atoms with Crippen molar-refractivity contribution < 1.29 is 4.74 Å². The molecule has 0 atom stereocenters. The number of aromatic nitrogens is 2. The largest absolute Gasteiger partial charge is 0.373 e. The third kappa shape index (κ3) is 2.92. The number of thiophene rings is 1. The number of ether oxygens (including phenoxy) is 1. The van der Waals surface area contributed by atoms with Gasteiger partial charge in [-0.1, -0.05) is 13.3 Å². The lowest BCUT2D eigenvalue weighted by Gasteiger charge is -2.06. The summed E-state index contributed by atoms with van der Waals surface area (Å²) in [6, 6.07) is 2.04. The fraction of sp³-hybridized carbons (Fsp3) is 0.500. The van der Waals surface area contributed by atoms with Gasteiger partial charge in [0.2, 0.25) is 0 Å². The summed E-state index contributed by atoms with van der Waals surface area (Å²) in [5.41, 5.74) is 0. The fourth-order valence-electron chi connectivity index (χ4n) is 1.56. The molecule has 1 N–H and O–H groups in total. The van der Waals surface area contributed by atoms with Crippen LogP contribution in [0.1, 0.15) is 25.6 Å². The zero-order valence-electron chi connectivity index (χ0n) is 10.2. The number of nitrogens with zero attached hydrogens (tertiary/aromatic N) is 2. The van der Waals surface area contributed by atoms with Gasteiger partial charge in [0.1, 0.15) is 17.3 Å². The Bertz CT molecular complexity index is 484. The van der Waals surface area contributed by atoms with Crippen LogP contribution in [0.25, 0.3) is 10.2 Å². The van der Waals surface area contributed by atoms with E-state index in [1.165, 1.54) is 0 Å². The Kier molecular flexibility index (Phi) is 4.28. The van der Waals surface area contributed by atoms with Crippen LogP contribution in [-0.4, -0.2) is 23.6 Å². The summed E-state index contributed by atoms with van der Waals surface area (Å²) in [6.07, 6.45) is 2.23. The molecule has 2 heterocycles. The van der Waals surface area contributed by atoms with Crippen molar-refractivity contribution in [2.45, 2.75) is 26.4 Å². The number of hydrogen-bond donors (Lipinski definition) is 1. The first-order chi connectivity index (χ1) is 8.35. The molecule has 2 aromatic heterocycles. The number of nitrogens with one attached hydrogen (secondary N) is 1. The van der Waals surface area contributed by atoms with Gasteiger partial charge in [0.25, 0.3) is 0 Å². The summed E-state index contributed by atoms with van der Waals surface area (Å²) < 4.78 is 5.54. The van der Waals surface area contributed by atoms with Crippen LogP contribution in [0.15, 0.2) is 11.4 Å². The first-order valence-electron chi connectivity index (χ1n) is 5.84. The van der Waals surface area contributed by atoms with Crippen LogP contribution in [0.4, 0.5) is 5.82 Å². The average Bonchev–Trinajstić information content (AvgIpc) is 2.81. The van der Waals surface area contributed by atoms with Gasteiger partial charge in [0, 0.05) is 13.7 Å². The smallest absolute Gasteiger partial charge is 0.158 e. The Morgan fingerprint density at radius 2 is 2.29 bits per heavy atom. The molecule has 0 spiro atoms. The lowest BCUT2D eigenvalue weighted by Crippen LogP contribution is -2.03. The van der Waals surface area contributed by atoms with Crippen molar-refractivity contribution in [3.8, 4) is 0 Å². The highest BCUT2D eigenvalue weighted by Crippen LogP contribution is 2.24. The number of unbranched alkanes of at least 4 members (excludes halogenated alkanes) is 1. The predicted molar refractivity (Wildman–Crippen MR) is 71.5 cm³/mol. The van der Waals surface area contributed by atoms with Crippen molar-refractivity contribution in [3.05, 3.63) is 17.3 Å². The Morgan fingerprint density at radius 1 is 1.41 bits per heavy atom. The molecule has 0 bridgehead atoms. The van der Waals surface area contributed by atoms with Gasteiger partial charge < -0.3 is 10.1 Å². The van der Waals surface area contributed by atoms with E-state index >= 15 is 0 Å². The van der Waals surface area contributed by atoms with Gasteiger partial charge in [0.05, 0.1) is 5.39 Å². The zero-order valence-corrected chi connectivity index (χ0v) is 11.0. The molecule has 0 saturated heterocycles. The normalized spacial score (nSPS) is 10.9. The molecule has 0 aliphatic heterocycles. The predicted octanol–water partition coefficient (Wildman–Crippen LogP) is 3.05. The molecule has 0 aliphatic rings. The number of hydrogen-bond acceptors (Lipinski definition) is 5. The van der Waals surface area contributed by atoms with Crippen molar-refractivity contribution in [3.63, 3.8) is 0 Å². The van der Waals surface area contributed by atoms with E-state index in [4.69, 9.17) is 4.74 Å². The first kappa shape index (κ1) is 12.3. The van der Waals surface area contributed by atoms with Crippen molar-refractivity contribution in [2.24, 2.45) is 0 Å². The third-order valence-electron chi connectivity index (χ3n) is 2.48. The quantitative estimate of drug-likeness (QED) is 0.802. The van der Waals surface area contributed by atoms with Crippen LogP contribution < -0.4 is 5.32 Å². The maximum Gasteiger partial charge on any atom is 0.158 e. The van der Waals surface area contributed by atoms with E-state index in [0.717, 1.165) is 41.3 Å². The average molecular weight is 251 g/mol. The maximum absolute atomic E-state index is 5.54. The monoisotopic (exact) mass is 251 g/mol. The Morgan fingerprint density at radius 3 is 3.06 bits per heavy atom. The second-order valence-corrected chi connectivity index (χ2v) is 4.68. The van der Waals surface area contributed by atoms with Crippen LogP contribution in [0.2, 0.25) is 0 Å². The molecule has 2 rings (SSSR count). The summed E-state index contributed by atoms with van der Waals surface area (Å²) in [5, 5.41) is 6.21. The molecular weight excluding hydrogens is 234 g/mol. The van der Waals surface area contributed by atoms with Gasteiger partial charge in [0.15, 0.2) is 5.82 Å². The van der Waals surface area contributed by atoms with Gasteiger partial charge in [-0.15, -0.1) is 11.3 Å². The minimum absolute atomic E-state index is 0.489. The minimum atomic E-state index is 0.489. The SMILES string of the molecule is CCCCOCc1nc(NC)c2ccsc2n1. The van der Waals surface area contributed by atoms with Crippen LogP contribution >= 0.6 is 11.3 Å². The van der Waals surface area contributed by atoms with E-state index in [0.29, 0.717) is 6.61 Å². The lowest BCUT2D eigenvalue weighted by molar-refractivity contribution is 0.113. The summed E-state index contributed by atoms with van der Waals surface area (Å²) in [6.45, 7) is 3.41. The molecular formula is C12H17N3OS. The minimum Gasteiger partial charge on any atom is -0.373 e. The fourth-order valence-corrected chi connectivity index (χ4v) is 2.35. The second-order valence-electron chi connectivity index (χ2n) is 3.78. The number of rotatable bonds is 6. The van der Waals surface area contributed by atoms with Gasteiger partial charge >= 0.3 is 0 Å². The summed E-state index contributed by atoms with van der Waals surface area (Å²) >= 11 is 1.63.